The van der Waals surface area contributed by atoms with E-state index in [1.807, 2.05) is 6.92 Å². The summed E-state index contributed by atoms with van der Waals surface area (Å²) in [4.78, 5) is 0. The van der Waals surface area contributed by atoms with Crippen LogP contribution >= 0.6 is 0 Å². The maximum Gasteiger partial charge on any atom is 0.126 e. The van der Waals surface area contributed by atoms with Crippen LogP contribution in [0.2, 0.25) is 0 Å². The van der Waals surface area contributed by atoms with E-state index in [4.69, 9.17) is 9.47 Å². The van der Waals surface area contributed by atoms with E-state index in [2.05, 4.69) is 0 Å². The molecule has 3 heteroatoms. The molecule has 0 aliphatic carbocycles. The minimum Gasteiger partial charge on any atom is -0.508 e. The van der Waals surface area contributed by atoms with Crippen LogP contribution in [0.15, 0.2) is 18.2 Å². The molecule has 2 rings (SSSR count). The van der Waals surface area contributed by atoms with Crippen LogP contribution in [0.5, 0.6) is 11.5 Å². The van der Waals surface area contributed by atoms with E-state index in [0.29, 0.717) is 19.0 Å². The van der Waals surface area contributed by atoms with Crippen molar-refractivity contribution in [1.29, 1.82) is 0 Å². The summed E-state index contributed by atoms with van der Waals surface area (Å²) >= 11 is 0. The van der Waals surface area contributed by atoms with Crippen molar-refractivity contribution >= 4 is 0 Å². The molecule has 1 aliphatic heterocycles. The SMILES string of the molecule is CCOCC1Cc2cc(O)ccc2O1. The number of hydrogen-bond acceptors (Lipinski definition) is 3. The van der Waals surface area contributed by atoms with Crippen molar-refractivity contribution in [3.8, 4) is 11.5 Å². The molecular weight excluding hydrogens is 180 g/mol. The molecule has 1 atom stereocenters. The van der Waals surface area contributed by atoms with Gasteiger partial charge in [-0.3, -0.25) is 0 Å². The Morgan fingerprint density at radius 1 is 1.57 bits per heavy atom. The van der Waals surface area contributed by atoms with Gasteiger partial charge < -0.3 is 14.6 Å². The van der Waals surface area contributed by atoms with Crippen LogP contribution in [0, 0.1) is 0 Å². The molecule has 14 heavy (non-hydrogen) atoms. The van der Waals surface area contributed by atoms with E-state index in [1.165, 1.54) is 0 Å². The molecule has 0 spiro atoms. The van der Waals surface area contributed by atoms with E-state index in [1.54, 1.807) is 18.2 Å². The summed E-state index contributed by atoms with van der Waals surface area (Å²) in [5.74, 6) is 1.16. The molecule has 1 unspecified atom stereocenters. The minimum absolute atomic E-state index is 0.103. The molecule has 76 valence electrons. The topological polar surface area (TPSA) is 38.7 Å². The van der Waals surface area contributed by atoms with Gasteiger partial charge in [0, 0.05) is 18.6 Å². The molecule has 0 aromatic heterocycles. The van der Waals surface area contributed by atoms with Crippen LogP contribution in [0.3, 0.4) is 0 Å². The minimum atomic E-state index is 0.103. The Morgan fingerprint density at radius 3 is 3.21 bits per heavy atom. The van der Waals surface area contributed by atoms with Gasteiger partial charge in [0.1, 0.15) is 17.6 Å². The highest BCUT2D eigenvalue weighted by Gasteiger charge is 2.22. The quantitative estimate of drug-likeness (QED) is 0.796. The largest absolute Gasteiger partial charge is 0.508 e. The number of benzene rings is 1. The molecule has 1 heterocycles. The fraction of sp³-hybridized carbons (Fsp3) is 0.455. The number of phenols is 1. The van der Waals surface area contributed by atoms with Gasteiger partial charge in [0.05, 0.1) is 6.61 Å². The zero-order valence-corrected chi connectivity index (χ0v) is 8.19. The normalized spacial score (nSPS) is 19.1. The highest BCUT2D eigenvalue weighted by atomic mass is 16.5. The van der Waals surface area contributed by atoms with Gasteiger partial charge in [-0.15, -0.1) is 0 Å². The Bertz CT molecular complexity index is 322. The lowest BCUT2D eigenvalue weighted by atomic mass is 10.1. The van der Waals surface area contributed by atoms with Gasteiger partial charge in [-0.05, 0) is 25.1 Å². The van der Waals surface area contributed by atoms with Crippen LogP contribution in [-0.2, 0) is 11.2 Å². The zero-order chi connectivity index (χ0) is 9.97. The lowest BCUT2D eigenvalue weighted by molar-refractivity contribution is 0.0679. The van der Waals surface area contributed by atoms with E-state index >= 15 is 0 Å². The molecule has 0 saturated carbocycles. The second-order valence-corrected chi connectivity index (χ2v) is 3.40. The standard InChI is InChI=1S/C11H14O3/c1-2-13-7-10-6-8-5-9(12)3-4-11(8)14-10/h3-5,10,12H,2,6-7H2,1H3. The van der Waals surface area contributed by atoms with E-state index < -0.39 is 0 Å². The molecule has 1 aliphatic rings. The molecule has 0 fully saturated rings. The number of aromatic hydroxyl groups is 1. The van der Waals surface area contributed by atoms with Crippen molar-refractivity contribution < 1.29 is 14.6 Å². The predicted molar refractivity (Wildman–Crippen MR) is 52.7 cm³/mol. The summed E-state index contributed by atoms with van der Waals surface area (Å²) < 4.78 is 10.9. The molecule has 0 amide bonds. The predicted octanol–water partition coefficient (Wildman–Crippen LogP) is 1.73. The van der Waals surface area contributed by atoms with Gasteiger partial charge in [-0.2, -0.15) is 0 Å². The third-order valence-corrected chi connectivity index (χ3v) is 2.29. The summed E-state index contributed by atoms with van der Waals surface area (Å²) in [7, 11) is 0. The van der Waals surface area contributed by atoms with Crippen molar-refractivity contribution in [3.63, 3.8) is 0 Å². The first-order valence-electron chi connectivity index (χ1n) is 4.86. The van der Waals surface area contributed by atoms with Gasteiger partial charge in [0.2, 0.25) is 0 Å². The van der Waals surface area contributed by atoms with E-state index in [9.17, 15) is 5.11 Å². The summed E-state index contributed by atoms with van der Waals surface area (Å²) in [5.41, 5.74) is 1.06. The van der Waals surface area contributed by atoms with Gasteiger partial charge >= 0.3 is 0 Å². The van der Waals surface area contributed by atoms with Crippen LogP contribution < -0.4 is 4.74 Å². The Morgan fingerprint density at radius 2 is 2.43 bits per heavy atom. The van der Waals surface area contributed by atoms with Gasteiger partial charge in [-0.1, -0.05) is 0 Å². The fourth-order valence-electron chi connectivity index (χ4n) is 1.65. The first-order chi connectivity index (χ1) is 6.79. The monoisotopic (exact) mass is 194 g/mol. The fourth-order valence-corrected chi connectivity index (χ4v) is 1.65. The average molecular weight is 194 g/mol. The maximum atomic E-state index is 9.27. The lowest BCUT2D eigenvalue weighted by Crippen LogP contribution is -2.20. The highest BCUT2D eigenvalue weighted by Crippen LogP contribution is 2.31. The van der Waals surface area contributed by atoms with Crippen LogP contribution in [-0.4, -0.2) is 24.4 Å². The maximum absolute atomic E-state index is 9.27. The van der Waals surface area contributed by atoms with Gasteiger partial charge in [-0.25, -0.2) is 0 Å². The molecule has 0 radical (unpaired) electrons. The van der Waals surface area contributed by atoms with Crippen molar-refractivity contribution in [3.05, 3.63) is 23.8 Å². The third-order valence-electron chi connectivity index (χ3n) is 2.29. The number of phenolic OH excluding ortho intramolecular Hbond substituents is 1. The Kier molecular flexibility index (Phi) is 2.59. The van der Waals surface area contributed by atoms with Crippen molar-refractivity contribution in [2.24, 2.45) is 0 Å². The lowest BCUT2D eigenvalue weighted by Gasteiger charge is -2.09. The third kappa shape index (κ3) is 1.82. The van der Waals surface area contributed by atoms with Crippen molar-refractivity contribution in [1.82, 2.24) is 0 Å². The van der Waals surface area contributed by atoms with Crippen LogP contribution in [0.4, 0.5) is 0 Å². The number of ether oxygens (including phenoxy) is 2. The average Bonchev–Trinajstić information content (AvgIpc) is 2.56. The summed E-state index contributed by atoms with van der Waals surface area (Å²) in [5, 5.41) is 9.27. The van der Waals surface area contributed by atoms with Gasteiger partial charge in [0.15, 0.2) is 0 Å². The molecular formula is C11H14O3. The number of fused-ring (bicyclic) bond motifs is 1. The molecule has 1 aromatic carbocycles. The molecule has 1 aromatic rings. The number of rotatable bonds is 3. The van der Waals surface area contributed by atoms with Crippen molar-refractivity contribution in [2.45, 2.75) is 19.4 Å². The molecule has 1 N–H and O–H groups in total. The Balaban J connectivity index is 2.03. The first-order valence-corrected chi connectivity index (χ1v) is 4.86. The zero-order valence-electron chi connectivity index (χ0n) is 8.19. The smallest absolute Gasteiger partial charge is 0.126 e. The van der Waals surface area contributed by atoms with E-state index in [0.717, 1.165) is 17.7 Å². The molecule has 0 bridgehead atoms. The summed E-state index contributed by atoms with van der Waals surface area (Å²) in [6.45, 7) is 3.29. The van der Waals surface area contributed by atoms with Crippen LogP contribution in [0.1, 0.15) is 12.5 Å². The van der Waals surface area contributed by atoms with E-state index in [-0.39, 0.29) is 6.10 Å². The molecule has 3 nitrogen and oxygen atoms in total. The summed E-state index contributed by atoms with van der Waals surface area (Å²) in [6.07, 6.45) is 0.927. The Hall–Kier alpha value is -1.22. The number of hydrogen-bond donors (Lipinski definition) is 1. The van der Waals surface area contributed by atoms with Crippen LogP contribution in [0.25, 0.3) is 0 Å². The second kappa shape index (κ2) is 3.88. The first kappa shape index (κ1) is 9.34. The summed E-state index contributed by atoms with van der Waals surface area (Å²) in [6, 6.07) is 5.19. The molecule has 0 saturated heterocycles. The van der Waals surface area contributed by atoms with Gasteiger partial charge in [0.25, 0.3) is 0 Å². The highest BCUT2D eigenvalue weighted by molar-refractivity contribution is 5.42. The Labute approximate surface area is 83.3 Å². The van der Waals surface area contributed by atoms with Crippen molar-refractivity contribution in [2.75, 3.05) is 13.2 Å². The second-order valence-electron chi connectivity index (χ2n) is 3.40.